The number of halogens is 2. The van der Waals surface area contributed by atoms with Crippen molar-refractivity contribution in [3.05, 3.63) is 50.1 Å². The molecule has 1 aromatic carbocycles. The SMILES string of the molecule is COc1ccc(CN2CCCN(C(=O)c3cc(Cl)sc3Cl)CC2)cc1. The van der Waals surface area contributed by atoms with Crippen LogP contribution in [0.2, 0.25) is 8.67 Å². The van der Waals surface area contributed by atoms with Crippen molar-refractivity contribution >= 4 is 40.4 Å². The third-order valence-corrected chi connectivity index (χ3v) is 5.82. The monoisotopic (exact) mass is 398 g/mol. The summed E-state index contributed by atoms with van der Waals surface area (Å²) in [5.74, 6) is 0.835. The second kappa shape index (κ2) is 8.41. The quantitative estimate of drug-likeness (QED) is 0.764. The van der Waals surface area contributed by atoms with Crippen molar-refractivity contribution in [2.45, 2.75) is 13.0 Å². The third-order valence-electron chi connectivity index (χ3n) is 4.33. The molecule has 1 aliphatic heterocycles. The molecule has 0 bridgehead atoms. The van der Waals surface area contributed by atoms with Crippen LogP contribution in [0.15, 0.2) is 30.3 Å². The van der Waals surface area contributed by atoms with Gasteiger partial charge >= 0.3 is 0 Å². The first-order valence-electron chi connectivity index (χ1n) is 8.16. The summed E-state index contributed by atoms with van der Waals surface area (Å²) in [4.78, 5) is 16.9. The van der Waals surface area contributed by atoms with E-state index in [0.29, 0.717) is 20.8 Å². The highest BCUT2D eigenvalue weighted by atomic mass is 35.5. The highest BCUT2D eigenvalue weighted by Crippen LogP contribution is 2.32. The lowest BCUT2D eigenvalue weighted by atomic mass is 10.2. The van der Waals surface area contributed by atoms with Crippen molar-refractivity contribution in [2.75, 3.05) is 33.3 Å². The Hall–Kier alpha value is -1.27. The number of carbonyl (C=O) groups is 1. The van der Waals surface area contributed by atoms with Crippen LogP contribution in [0, 0.1) is 0 Å². The van der Waals surface area contributed by atoms with E-state index in [1.165, 1.54) is 16.9 Å². The Morgan fingerprint density at radius 2 is 1.92 bits per heavy atom. The van der Waals surface area contributed by atoms with Crippen molar-refractivity contribution in [2.24, 2.45) is 0 Å². The van der Waals surface area contributed by atoms with E-state index >= 15 is 0 Å². The standard InChI is InChI=1S/C18H20Cl2N2O2S/c1-24-14-5-3-13(4-6-14)12-21-7-2-8-22(10-9-21)18(23)15-11-16(19)25-17(15)20/h3-6,11H,2,7-10,12H2,1H3. The zero-order valence-corrected chi connectivity index (χ0v) is 16.3. The first kappa shape index (κ1) is 18.5. The number of ether oxygens (including phenoxy) is 1. The second-order valence-electron chi connectivity index (χ2n) is 6.01. The molecule has 1 aromatic heterocycles. The molecule has 1 amide bonds. The number of hydrogen-bond donors (Lipinski definition) is 0. The molecule has 2 heterocycles. The van der Waals surface area contributed by atoms with Crippen LogP contribution >= 0.6 is 34.5 Å². The lowest BCUT2D eigenvalue weighted by molar-refractivity contribution is 0.0762. The molecule has 0 aliphatic carbocycles. The van der Waals surface area contributed by atoms with E-state index in [2.05, 4.69) is 17.0 Å². The second-order valence-corrected chi connectivity index (χ2v) is 8.29. The van der Waals surface area contributed by atoms with Gasteiger partial charge < -0.3 is 9.64 Å². The fourth-order valence-electron chi connectivity index (χ4n) is 2.98. The van der Waals surface area contributed by atoms with Gasteiger partial charge in [-0.25, -0.2) is 0 Å². The van der Waals surface area contributed by atoms with E-state index in [-0.39, 0.29) is 5.91 Å². The number of methoxy groups -OCH3 is 1. The van der Waals surface area contributed by atoms with Crippen molar-refractivity contribution < 1.29 is 9.53 Å². The number of amides is 1. The minimum absolute atomic E-state index is 0.0283. The summed E-state index contributed by atoms with van der Waals surface area (Å²) in [5.41, 5.74) is 1.76. The predicted molar refractivity (Wildman–Crippen MR) is 103 cm³/mol. The van der Waals surface area contributed by atoms with Crippen LogP contribution in [0.1, 0.15) is 22.3 Å². The van der Waals surface area contributed by atoms with Gasteiger partial charge in [-0.1, -0.05) is 35.3 Å². The number of benzene rings is 1. The lowest BCUT2D eigenvalue weighted by Gasteiger charge is -2.22. The van der Waals surface area contributed by atoms with E-state index in [9.17, 15) is 4.79 Å². The van der Waals surface area contributed by atoms with E-state index < -0.39 is 0 Å². The molecule has 0 unspecified atom stereocenters. The molecule has 134 valence electrons. The van der Waals surface area contributed by atoms with E-state index in [4.69, 9.17) is 27.9 Å². The molecule has 2 aromatic rings. The molecule has 1 saturated heterocycles. The third kappa shape index (κ3) is 4.67. The summed E-state index contributed by atoms with van der Waals surface area (Å²) in [7, 11) is 1.67. The van der Waals surface area contributed by atoms with Crippen LogP contribution in [0.3, 0.4) is 0 Å². The largest absolute Gasteiger partial charge is 0.497 e. The summed E-state index contributed by atoms with van der Waals surface area (Å²) in [6.45, 7) is 4.11. The predicted octanol–water partition coefficient (Wildman–Crippen LogP) is 4.41. The Kier molecular flexibility index (Phi) is 6.23. The Balaban J connectivity index is 1.60. The van der Waals surface area contributed by atoms with E-state index in [1.54, 1.807) is 13.2 Å². The summed E-state index contributed by atoms with van der Waals surface area (Å²) in [6.07, 6.45) is 0.942. The normalized spacial score (nSPS) is 15.9. The number of thiophene rings is 1. The number of nitrogens with zero attached hydrogens (tertiary/aromatic N) is 2. The zero-order chi connectivity index (χ0) is 17.8. The summed E-state index contributed by atoms with van der Waals surface area (Å²) in [6, 6.07) is 9.78. The summed E-state index contributed by atoms with van der Waals surface area (Å²) >= 11 is 13.3. The minimum Gasteiger partial charge on any atom is -0.497 e. The molecular weight excluding hydrogens is 379 g/mol. The molecule has 3 rings (SSSR count). The van der Waals surface area contributed by atoms with E-state index in [0.717, 1.165) is 38.3 Å². The van der Waals surface area contributed by atoms with Crippen LogP contribution in [-0.2, 0) is 6.54 Å². The smallest absolute Gasteiger partial charge is 0.256 e. The Bertz CT molecular complexity index is 733. The van der Waals surface area contributed by atoms with Gasteiger partial charge in [-0.3, -0.25) is 9.69 Å². The molecule has 1 fully saturated rings. The minimum atomic E-state index is -0.0283. The Morgan fingerprint density at radius 1 is 1.16 bits per heavy atom. The first-order chi connectivity index (χ1) is 12.1. The van der Waals surface area contributed by atoms with Crippen molar-refractivity contribution in [3.8, 4) is 5.75 Å². The fraction of sp³-hybridized carbons (Fsp3) is 0.389. The van der Waals surface area contributed by atoms with Gasteiger partial charge in [0.25, 0.3) is 5.91 Å². The fourth-order valence-corrected chi connectivity index (χ4v) is 4.43. The van der Waals surface area contributed by atoms with Crippen LogP contribution in [0.4, 0.5) is 0 Å². The lowest BCUT2D eigenvalue weighted by Crippen LogP contribution is -2.35. The van der Waals surface area contributed by atoms with Crippen molar-refractivity contribution in [1.82, 2.24) is 9.80 Å². The van der Waals surface area contributed by atoms with Gasteiger partial charge in [0.2, 0.25) is 0 Å². The van der Waals surface area contributed by atoms with Gasteiger partial charge in [-0.05, 0) is 30.2 Å². The average molecular weight is 399 g/mol. The molecule has 0 N–H and O–H groups in total. The zero-order valence-electron chi connectivity index (χ0n) is 14.0. The van der Waals surface area contributed by atoms with Gasteiger partial charge in [-0.15, -0.1) is 11.3 Å². The van der Waals surface area contributed by atoms with Crippen LogP contribution < -0.4 is 4.74 Å². The molecule has 0 saturated carbocycles. The maximum atomic E-state index is 12.7. The average Bonchev–Trinajstić information content (AvgIpc) is 2.81. The molecule has 0 radical (unpaired) electrons. The molecule has 0 atom stereocenters. The molecular formula is C18H20Cl2N2O2S. The van der Waals surface area contributed by atoms with Crippen molar-refractivity contribution in [3.63, 3.8) is 0 Å². The highest BCUT2D eigenvalue weighted by molar-refractivity contribution is 7.20. The number of rotatable bonds is 4. The number of carbonyl (C=O) groups excluding carboxylic acids is 1. The highest BCUT2D eigenvalue weighted by Gasteiger charge is 2.23. The summed E-state index contributed by atoms with van der Waals surface area (Å²) in [5, 5.41) is 0. The van der Waals surface area contributed by atoms with Gasteiger partial charge in [0.1, 0.15) is 10.1 Å². The van der Waals surface area contributed by atoms with Gasteiger partial charge in [0.05, 0.1) is 17.0 Å². The first-order valence-corrected chi connectivity index (χ1v) is 9.73. The Labute approximate surface area is 161 Å². The van der Waals surface area contributed by atoms with Gasteiger partial charge in [0, 0.05) is 32.7 Å². The van der Waals surface area contributed by atoms with Gasteiger partial charge in [-0.2, -0.15) is 0 Å². The maximum Gasteiger partial charge on any atom is 0.256 e. The molecule has 7 heteroatoms. The maximum absolute atomic E-state index is 12.7. The van der Waals surface area contributed by atoms with Crippen LogP contribution in [0.5, 0.6) is 5.75 Å². The molecule has 0 spiro atoms. The van der Waals surface area contributed by atoms with Crippen LogP contribution in [-0.4, -0.2) is 49.0 Å². The Morgan fingerprint density at radius 3 is 2.56 bits per heavy atom. The topological polar surface area (TPSA) is 32.8 Å². The molecule has 4 nitrogen and oxygen atoms in total. The van der Waals surface area contributed by atoms with Crippen molar-refractivity contribution in [1.29, 1.82) is 0 Å². The molecule has 1 aliphatic rings. The molecule has 25 heavy (non-hydrogen) atoms. The van der Waals surface area contributed by atoms with Crippen LogP contribution in [0.25, 0.3) is 0 Å². The van der Waals surface area contributed by atoms with E-state index in [1.807, 2.05) is 17.0 Å². The van der Waals surface area contributed by atoms with Gasteiger partial charge in [0.15, 0.2) is 0 Å². The number of hydrogen-bond acceptors (Lipinski definition) is 4. The summed E-state index contributed by atoms with van der Waals surface area (Å²) < 4.78 is 6.21.